The number of aromatic amines is 1. The summed E-state index contributed by atoms with van der Waals surface area (Å²) in [6.07, 6.45) is 1.26. The average Bonchev–Trinajstić information content (AvgIpc) is 2.55. The lowest BCUT2D eigenvalue weighted by molar-refractivity contribution is -0.385. The molecule has 24 heavy (non-hydrogen) atoms. The number of benzene rings is 2. The van der Waals surface area contributed by atoms with Crippen LogP contribution in [-0.4, -0.2) is 25.9 Å². The summed E-state index contributed by atoms with van der Waals surface area (Å²) >= 11 is 5.12. The van der Waals surface area contributed by atoms with E-state index < -0.39 is 21.9 Å². The van der Waals surface area contributed by atoms with Crippen molar-refractivity contribution < 1.29 is 10.0 Å². The van der Waals surface area contributed by atoms with Crippen LogP contribution in [0, 0.1) is 14.9 Å². The van der Waals surface area contributed by atoms with Crippen LogP contribution in [0.5, 0.6) is 5.75 Å². The molecule has 0 spiro atoms. The number of rotatable bonds is 3. The molecule has 0 unspecified atom stereocenters. The zero-order chi connectivity index (χ0) is 17.3. The number of hydrogen-bond donors (Lipinski definition) is 2. The van der Waals surface area contributed by atoms with Crippen molar-refractivity contribution >= 4 is 35.0 Å². The Hall–Kier alpha value is -3.33. The second kappa shape index (κ2) is 6.05. The van der Waals surface area contributed by atoms with E-state index in [1.807, 2.05) is 0 Å². The number of H-pyrrole nitrogens is 1. The van der Waals surface area contributed by atoms with E-state index in [0.29, 0.717) is 16.5 Å². The fourth-order valence-electron chi connectivity index (χ4n) is 2.15. The van der Waals surface area contributed by atoms with E-state index in [2.05, 4.69) is 10.1 Å². The molecule has 0 saturated carbocycles. The second-order valence-corrected chi connectivity index (χ2v) is 5.23. The number of fused-ring (bicyclic) bond motifs is 1. The molecule has 1 aromatic heterocycles. The molecule has 9 heteroatoms. The molecule has 0 atom stereocenters. The fourth-order valence-corrected chi connectivity index (χ4v) is 2.39. The van der Waals surface area contributed by atoms with E-state index in [4.69, 9.17) is 12.2 Å². The summed E-state index contributed by atoms with van der Waals surface area (Å²) in [4.78, 5) is 25.4. The minimum atomic E-state index is -0.707. The van der Waals surface area contributed by atoms with Crippen LogP contribution in [0.1, 0.15) is 5.56 Å². The normalized spacial score (nSPS) is 11.2. The Balaban J connectivity index is 2.09. The van der Waals surface area contributed by atoms with Gasteiger partial charge in [0, 0.05) is 11.6 Å². The number of nitro benzene ring substituents is 1. The Labute approximate surface area is 139 Å². The van der Waals surface area contributed by atoms with Crippen molar-refractivity contribution in [1.82, 2.24) is 9.66 Å². The Bertz CT molecular complexity index is 1100. The van der Waals surface area contributed by atoms with Gasteiger partial charge >= 0.3 is 5.69 Å². The van der Waals surface area contributed by atoms with Gasteiger partial charge in [0.2, 0.25) is 4.77 Å². The molecule has 2 N–H and O–H groups in total. The third-order valence-electron chi connectivity index (χ3n) is 3.30. The SMILES string of the molecule is O=c1c2ccccc2[nH]c(=S)n1/N=C\c1ccc(O)c([N+](=O)[O-])c1. The summed E-state index contributed by atoms with van der Waals surface area (Å²) in [6.45, 7) is 0. The van der Waals surface area contributed by atoms with Crippen LogP contribution in [0.3, 0.4) is 0 Å². The molecule has 0 saturated heterocycles. The van der Waals surface area contributed by atoms with E-state index in [9.17, 15) is 20.0 Å². The smallest absolute Gasteiger partial charge is 0.311 e. The Morgan fingerprint density at radius 1 is 1.29 bits per heavy atom. The summed E-state index contributed by atoms with van der Waals surface area (Å²) in [6, 6.07) is 10.6. The summed E-state index contributed by atoms with van der Waals surface area (Å²) < 4.78 is 1.10. The average molecular weight is 342 g/mol. The molecule has 0 aliphatic heterocycles. The van der Waals surface area contributed by atoms with Crippen molar-refractivity contribution in [1.29, 1.82) is 0 Å². The molecule has 1 heterocycles. The molecule has 0 bridgehead atoms. The molecular weight excluding hydrogens is 332 g/mol. The zero-order valence-corrected chi connectivity index (χ0v) is 12.9. The van der Waals surface area contributed by atoms with Crippen LogP contribution in [-0.2, 0) is 0 Å². The number of phenolic OH excluding ortho intramolecular Hbond substituents is 1. The largest absolute Gasteiger partial charge is 0.502 e. The maximum atomic E-state index is 12.4. The predicted octanol–water partition coefficient (Wildman–Crippen LogP) is 2.56. The lowest BCUT2D eigenvalue weighted by Gasteiger charge is -2.02. The van der Waals surface area contributed by atoms with Crippen molar-refractivity contribution in [3.8, 4) is 5.75 Å². The first-order valence-electron chi connectivity index (χ1n) is 6.73. The number of hydrogen-bond acceptors (Lipinski definition) is 6. The second-order valence-electron chi connectivity index (χ2n) is 4.84. The van der Waals surface area contributed by atoms with Gasteiger partial charge in [0.05, 0.1) is 22.0 Å². The molecule has 120 valence electrons. The molecule has 2 aromatic carbocycles. The molecular formula is C15H10N4O4S. The van der Waals surface area contributed by atoms with Gasteiger partial charge in [-0.1, -0.05) is 12.1 Å². The van der Waals surface area contributed by atoms with Gasteiger partial charge in [0.25, 0.3) is 5.56 Å². The minimum Gasteiger partial charge on any atom is -0.502 e. The van der Waals surface area contributed by atoms with Gasteiger partial charge in [-0.2, -0.15) is 9.78 Å². The highest BCUT2D eigenvalue weighted by atomic mass is 32.1. The first-order valence-corrected chi connectivity index (χ1v) is 7.14. The molecule has 0 fully saturated rings. The van der Waals surface area contributed by atoms with Crippen molar-refractivity contribution in [2.24, 2.45) is 5.10 Å². The van der Waals surface area contributed by atoms with Gasteiger partial charge in [0.1, 0.15) is 0 Å². The van der Waals surface area contributed by atoms with Gasteiger partial charge in [-0.05, 0) is 36.5 Å². The first-order chi connectivity index (χ1) is 11.5. The topological polar surface area (TPSA) is 114 Å². The molecule has 0 amide bonds. The van der Waals surface area contributed by atoms with Gasteiger partial charge < -0.3 is 10.1 Å². The minimum absolute atomic E-state index is 0.100. The predicted molar refractivity (Wildman–Crippen MR) is 91.1 cm³/mol. The summed E-state index contributed by atoms with van der Waals surface area (Å²) in [5.74, 6) is -0.447. The maximum absolute atomic E-state index is 12.4. The number of phenols is 1. The van der Waals surface area contributed by atoms with Crippen molar-refractivity contribution in [2.45, 2.75) is 0 Å². The Morgan fingerprint density at radius 2 is 2.04 bits per heavy atom. The van der Waals surface area contributed by atoms with Gasteiger partial charge in [-0.25, -0.2) is 0 Å². The number of para-hydroxylation sites is 1. The lowest BCUT2D eigenvalue weighted by Crippen LogP contribution is -2.18. The standard InChI is InChI=1S/C15H10N4O4S/c20-13-6-5-9(7-12(13)19(22)23)8-16-18-14(21)10-3-1-2-4-11(10)17-15(18)24/h1-8,20H,(H,17,24)/b16-8-. The number of aromatic hydroxyl groups is 1. The number of aromatic nitrogens is 2. The lowest BCUT2D eigenvalue weighted by atomic mass is 10.2. The fraction of sp³-hybridized carbons (Fsp3) is 0. The maximum Gasteiger partial charge on any atom is 0.311 e. The van der Waals surface area contributed by atoms with Crippen LogP contribution < -0.4 is 5.56 Å². The molecule has 0 radical (unpaired) electrons. The summed E-state index contributed by atoms with van der Waals surface area (Å²) in [5, 5.41) is 24.7. The monoisotopic (exact) mass is 342 g/mol. The number of nitro groups is 1. The van der Waals surface area contributed by atoms with E-state index in [1.54, 1.807) is 24.3 Å². The highest BCUT2D eigenvalue weighted by molar-refractivity contribution is 7.71. The first kappa shape index (κ1) is 15.6. The third-order valence-corrected chi connectivity index (χ3v) is 3.58. The van der Waals surface area contributed by atoms with Crippen molar-refractivity contribution in [3.05, 3.63) is 73.3 Å². The van der Waals surface area contributed by atoms with E-state index in [-0.39, 0.29) is 4.77 Å². The quantitative estimate of drug-likeness (QED) is 0.329. The zero-order valence-electron chi connectivity index (χ0n) is 12.0. The van der Waals surface area contributed by atoms with Crippen molar-refractivity contribution in [3.63, 3.8) is 0 Å². The Morgan fingerprint density at radius 3 is 2.79 bits per heavy atom. The van der Waals surface area contributed by atoms with Crippen LogP contribution in [0.15, 0.2) is 52.4 Å². The van der Waals surface area contributed by atoms with Crippen LogP contribution in [0.2, 0.25) is 0 Å². The van der Waals surface area contributed by atoms with Crippen molar-refractivity contribution in [2.75, 3.05) is 0 Å². The number of nitrogens with zero attached hydrogens (tertiary/aromatic N) is 3. The van der Waals surface area contributed by atoms with E-state index in [0.717, 1.165) is 10.7 Å². The summed E-state index contributed by atoms with van der Waals surface area (Å²) in [5.41, 5.74) is 0.0852. The highest BCUT2D eigenvalue weighted by Gasteiger charge is 2.12. The van der Waals surface area contributed by atoms with Gasteiger partial charge in [-0.3, -0.25) is 14.9 Å². The molecule has 3 rings (SSSR count). The van der Waals surface area contributed by atoms with Gasteiger partial charge in [-0.15, -0.1) is 0 Å². The molecule has 0 aliphatic rings. The third kappa shape index (κ3) is 2.79. The molecule has 8 nitrogen and oxygen atoms in total. The molecule has 0 aliphatic carbocycles. The Kier molecular flexibility index (Phi) is 3.92. The van der Waals surface area contributed by atoms with Crippen LogP contribution >= 0.6 is 12.2 Å². The van der Waals surface area contributed by atoms with E-state index in [1.165, 1.54) is 18.3 Å². The summed E-state index contributed by atoms with van der Waals surface area (Å²) in [7, 11) is 0. The molecule has 3 aromatic rings. The van der Waals surface area contributed by atoms with Crippen LogP contribution in [0.25, 0.3) is 10.9 Å². The van der Waals surface area contributed by atoms with Gasteiger partial charge in [0.15, 0.2) is 5.75 Å². The highest BCUT2D eigenvalue weighted by Crippen LogP contribution is 2.25. The van der Waals surface area contributed by atoms with Crippen LogP contribution in [0.4, 0.5) is 5.69 Å². The number of nitrogens with one attached hydrogen (secondary N) is 1. The van der Waals surface area contributed by atoms with E-state index >= 15 is 0 Å².